The van der Waals surface area contributed by atoms with E-state index in [9.17, 15) is 14.0 Å². The number of hydrogen-bond donors (Lipinski definition) is 0. The molecule has 0 fully saturated rings. The zero-order chi connectivity index (χ0) is 20.5. The van der Waals surface area contributed by atoms with Crippen LogP contribution in [-0.2, 0) is 16.1 Å². The van der Waals surface area contributed by atoms with Gasteiger partial charge in [-0.3, -0.25) is 9.48 Å². The molecule has 0 amide bonds. The molecule has 0 radical (unpaired) electrons. The summed E-state index contributed by atoms with van der Waals surface area (Å²) in [6.45, 7) is 0.796. The van der Waals surface area contributed by atoms with Crippen LogP contribution < -0.4 is 0 Å². The second kappa shape index (κ2) is 10.1. The van der Waals surface area contributed by atoms with Crippen molar-refractivity contribution in [3.8, 4) is 0 Å². The molecule has 0 saturated heterocycles. The summed E-state index contributed by atoms with van der Waals surface area (Å²) in [5, 5.41) is 4.27. The number of ketones is 1. The molecule has 1 aromatic heterocycles. The second-order valence-corrected chi connectivity index (χ2v) is 6.49. The maximum Gasteiger partial charge on any atom is 0.330 e. The molecule has 0 bridgehead atoms. The van der Waals surface area contributed by atoms with Crippen molar-refractivity contribution in [1.29, 1.82) is 0 Å². The number of carbonyl (C=O) groups is 2. The minimum atomic E-state index is -0.477. The van der Waals surface area contributed by atoms with Gasteiger partial charge in [0.05, 0.1) is 19.3 Å². The van der Waals surface area contributed by atoms with Crippen LogP contribution in [0.25, 0.3) is 6.08 Å². The van der Waals surface area contributed by atoms with E-state index in [0.717, 1.165) is 11.1 Å². The lowest BCUT2D eigenvalue weighted by atomic mass is 10.1. The third-order valence-electron chi connectivity index (χ3n) is 4.21. The average molecular weight is 392 g/mol. The summed E-state index contributed by atoms with van der Waals surface area (Å²) < 4.78 is 19.8. The Hall–Kier alpha value is -3.54. The summed E-state index contributed by atoms with van der Waals surface area (Å²) in [5.74, 6) is -0.967. The first-order valence-electron chi connectivity index (χ1n) is 9.30. The molecule has 29 heavy (non-hydrogen) atoms. The molecule has 0 saturated carbocycles. The summed E-state index contributed by atoms with van der Waals surface area (Å²) in [6.07, 6.45) is 7.14. The molecule has 5 nitrogen and oxygen atoms in total. The molecule has 0 aliphatic carbocycles. The van der Waals surface area contributed by atoms with Crippen LogP contribution in [0, 0.1) is 5.82 Å². The molecule has 0 N–H and O–H groups in total. The number of benzene rings is 2. The highest BCUT2D eigenvalue weighted by atomic mass is 19.1. The standard InChI is InChI=1S/C23H21FN2O3/c24-21-11-9-20(10-12-21)22(27)7-4-14-29-23(28)13-8-19-15-25-26(17-19)16-18-5-2-1-3-6-18/h1-3,5-6,8-13,15,17H,4,7,14,16H2/b13-8+. The SMILES string of the molecule is O=C(/C=C/c1cnn(Cc2ccccc2)c1)OCCCC(=O)c1ccc(F)cc1. The van der Waals surface area contributed by atoms with Crippen LogP contribution in [0.4, 0.5) is 4.39 Å². The van der Waals surface area contributed by atoms with Crippen LogP contribution in [0.2, 0.25) is 0 Å². The van der Waals surface area contributed by atoms with Gasteiger partial charge in [0.1, 0.15) is 5.82 Å². The second-order valence-electron chi connectivity index (χ2n) is 6.49. The Bertz CT molecular complexity index is 979. The van der Waals surface area contributed by atoms with E-state index in [0.29, 0.717) is 18.5 Å². The third kappa shape index (κ3) is 6.53. The number of halogens is 1. The fourth-order valence-corrected chi connectivity index (χ4v) is 2.72. The number of Topliss-reactive ketones (excluding diaryl/α,β-unsaturated/α-hetero) is 1. The summed E-state index contributed by atoms with van der Waals surface area (Å²) in [7, 11) is 0. The van der Waals surface area contributed by atoms with E-state index in [1.807, 2.05) is 36.5 Å². The minimum absolute atomic E-state index is 0.109. The summed E-state index contributed by atoms with van der Waals surface area (Å²) in [5.41, 5.74) is 2.38. The van der Waals surface area contributed by atoms with Gasteiger partial charge in [0.2, 0.25) is 0 Å². The summed E-state index contributed by atoms with van der Waals surface area (Å²) >= 11 is 0. The van der Waals surface area contributed by atoms with Crippen molar-refractivity contribution in [1.82, 2.24) is 9.78 Å². The number of carbonyl (C=O) groups excluding carboxylic acids is 2. The van der Waals surface area contributed by atoms with Crippen LogP contribution in [0.3, 0.4) is 0 Å². The molecular weight excluding hydrogens is 371 g/mol. The number of rotatable bonds is 9. The lowest BCUT2D eigenvalue weighted by Gasteiger charge is -2.02. The van der Waals surface area contributed by atoms with Crippen LogP contribution in [0.15, 0.2) is 73.1 Å². The number of hydrogen-bond acceptors (Lipinski definition) is 4. The smallest absolute Gasteiger partial charge is 0.330 e. The Morgan fingerprint density at radius 3 is 2.59 bits per heavy atom. The highest BCUT2D eigenvalue weighted by Crippen LogP contribution is 2.08. The molecule has 1 heterocycles. The van der Waals surface area contributed by atoms with Gasteiger partial charge in [-0.25, -0.2) is 9.18 Å². The Balaban J connectivity index is 1.38. The lowest BCUT2D eigenvalue weighted by molar-refractivity contribution is -0.137. The summed E-state index contributed by atoms with van der Waals surface area (Å²) in [6, 6.07) is 15.4. The average Bonchev–Trinajstić information content (AvgIpc) is 3.18. The maximum absolute atomic E-state index is 12.9. The van der Waals surface area contributed by atoms with Crippen LogP contribution in [-0.4, -0.2) is 28.1 Å². The van der Waals surface area contributed by atoms with Crippen molar-refractivity contribution in [2.45, 2.75) is 19.4 Å². The van der Waals surface area contributed by atoms with E-state index in [1.54, 1.807) is 17.0 Å². The summed E-state index contributed by atoms with van der Waals surface area (Å²) in [4.78, 5) is 23.8. The molecule has 3 rings (SSSR count). The monoisotopic (exact) mass is 392 g/mol. The van der Waals surface area contributed by atoms with Crippen molar-refractivity contribution in [2.75, 3.05) is 6.61 Å². The molecule has 0 spiro atoms. The van der Waals surface area contributed by atoms with Gasteiger partial charge in [0.15, 0.2) is 5.78 Å². The van der Waals surface area contributed by atoms with Gasteiger partial charge in [0.25, 0.3) is 0 Å². The van der Waals surface area contributed by atoms with E-state index >= 15 is 0 Å². The number of aromatic nitrogens is 2. The van der Waals surface area contributed by atoms with Crippen molar-refractivity contribution >= 4 is 17.8 Å². The Morgan fingerprint density at radius 2 is 1.83 bits per heavy atom. The molecule has 0 aliphatic rings. The Labute approximate surface area is 168 Å². The molecule has 0 aliphatic heterocycles. The Kier molecular flexibility index (Phi) is 7.05. The predicted molar refractivity (Wildman–Crippen MR) is 108 cm³/mol. The van der Waals surface area contributed by atoms with Gasteiger partial charge in [-0.05, 0) is 42.3 Å². The first-order chi connectivity index (χ1) is 14.1. The molecule has 0 atom stereocenters. The number of nitrogens with zero attached hydrogens (tertiary/aromatic N) is 2. The van der Waals surface area contributed by atoms with E-state index < -0.39 is 5.97 Å². The predicted octanol–water partition coefficient (Wildman–Crippen LogP) is 4.29. The van der Waals surface area contributed by atoms with E-state index in [1.165, 1.54) is 30.3 Å². The van der Waals surface area contributed by atoms with Crippen LogP contribution >= 0.6 is 0 Å². The molecule has 148 valence electrons. The maximum atomic E-state index is 12.9. The fourth-order valence-electron chi connectivity index (χ4n) is 2.72. The third-order valence-corrected chi connectivity index (χ3v) is 4.21. The molecular formula is C23H21FN2O3. The number of esters is 1. The highest BCUT2D eigenvalue weighted by molar-refractivity contribution is 5.96. The van der Waals surface area contributed by atoms with E-state index in [-0.39, 0.29) is 24.6 Å². The van der Waals surface area contributed by atoms with Gasteiger partial charge in [-0.1, -0.05) is 30.3 Å². The molecule has 2 aromatic carbocycles. The van der Waals surface area contributed by atoms with Crippen molar-refractivity contribution in [3.05, 3.63) is 95.6 Å². The topological polar surface area (TPSA) is 61.2 Å². The first-order valence-corrected chi connectivity index (χ1v) is 9.30. The lowest BCUT2D eigenvalue weighted by Crippen LogP contribution is -2.05. The van der Waals surface area contributed by atoms with E-state index in [4.69, 9.17) is 4.74 Å². The highest BCUT2D eigenvalue weighted by Gasteiger charge is 2.06. The van der Waals surface area contributed by atoms with Gasteiger partial charge < -0.3 is 4.74 Å². The van der Waals surface area contributed by atoms with Crippen LogP contribution in [0.5, 0.6) is 0 Å². The normalized spacial score (nSPS) is 10.9. The Morgan fingerprint density at radius 1 is 1.07 bits per heavy atom. The quantitative estimate of drug-likeness (QED) is 0.236. The zero-order valence-corrected chi connectivity index (χ0v) is 15.8. The van der Waals surface area contributed by atoms with Crippen molar-refractivity contribution in [2.24, 2.45) is 0 Å². The molecule has 6 heteroatoms. The minimum Gasteiger partial charge on any atom is -0.463 e. The fraction of sp³-hybridized carbons (Fsp3) is 0.174. The van der Waals surface area contributed by atoms with Gasteiger partial charge in [0, 0.05) is 29.8 Å². The molecule has 0 unspecified atom stereocenters. The first kappa shape index (κ1) is 20.2. The van der Waals surface area contributed by atoms with Crippen molar-refractivity contribution in [3.63, 3.8) is 0 Å². The zero-order valence-electron chi connectivity index (χ0n) is 15.8. The van der Waals surface area contributed by atoms with Gasteiger partial charge in [-0.15, -0.1) is 0 Å². The largest absolute Gasteiger partial charge is 0.463 e. The van der Waals surface area contributed by atoms with E-state index in [2.05, 4.69) is 5.10 Å². The van der Waals surface area contributed by atoms with Crippen molar-refractivity contribution < 1.29 is 18.7 Å². The molecule has 3 aromatic rings. The van der Waals surface area contributed by atoms with Gasteiger partial charge in [-0.2, -0.15) is 5.10 Å². The van der Waals surface area contributed by atoms with Gasteiger partial charge >= 0.3 is 5.97 Å². The van der Waals surface area contributed by atoms with Crippen LogP contribution in [0.1, 0.15) is 34.3 Å². The number of ether oxygens (including phenoxy) is 1.